The highest BCUT2D eigenvalue weighted by Gasteiger charge is 2.08. The van der Waals surface area contributed by atoms with Crippen LogP contribution in [0.25, 0.3) is 0 Å². The largest absolute Gasteiger partial charge is 0.493 e. The zero-order valence-electron chi connectivity index (χ0n) is 32.8. The second-order valence-corrected chi connectivity index (χ2v) is 13.8. The summed E-state index contributed by atoms with van der Waals surface area (Å²) in [7, 11) is 1.43. The molecule has 0 saturated heterocycles. The Labute approximate surface area is 309 Å². The highest BCUT2D eigenvalue weighted by atomic mass is 16.5. The number of rotatable bonds is 35. The molecule has 0 aliphatic rings. The van der Waals surface area contributed by atoms with Gasteiger partial charge in [0.15, 0.2) is 0 Å². The molecule has 0 heterocycles. The number of carbonyl (C=O) groups excluding carboxylic acids is 1. The van der Waals surface area contributed by atoms with Gasteiger partial charge in [-0.15, -0.1) is 0 Å². The van der Waals surface area contributed by atoms with E-state index in [0.29, 0.717) is 13.2 Å². The smallest absolute Gasteiger partial charge is 0.309 e. The standard InChI is InChI=1S/C46H76O4/c1-4-6-8-10-12-14-16-18-20-22-24-26-28-30-32-34-36-38-50-45-40-43(41-46(47)48-3)39-44(42-45)49-37-35-33-31-29-27-25-23-21-19-17-15-13-11-9-7-5-2/h12-15,18-21,39-40,42H,4-11,16-17,22-38,41H2,1-3H3/b14-12-,15-13-,20-18-,21-19-. The Balaban J connectivity index is 2.16. The lowest BCUT2D eigenvalue weighted by Crippen LogP contribution is -2.06. The molecule has 0 aliphatic heterocycles. The number of carbonyl (C=O) groups is 1. The minimum Gasteiger partial charge on any atom is -0.493 e. The van der Waals surface area contributed by atoms with Crippen molar-refractivity contribution >= 4 is 5.97 Å². The van der Waals surface area contributed by atoms with Crippen LogP contribution in [0.15, 0.2) is 66.8 Å². The molecule has 0 spiro atoms. The first-order valence-corrected chi connectivity index (χ1v) is 20.8. The van der Waals surface area contributed by atoms with E-state index in [4.69, 9.17) is 14.2 Å². The van der Waals surface area contributed by atoms with Crippen LogP contribution in [-0.2, 0) is 16.0 Å². The number of allylic oxidation sites excluding steroid dienone is 8. The van der Waals surface area contributed by atoms with Gasteiger partial charge in [0, 0.05) is 6.07 Å². The molecule has 4 nitrogen and oxygen atoms in total. The minimum absolute atomic E-state index is 0.223. The van der Waals surface area contributed by atoms with Gasteiger partial charge in [-0.1, -0.05) is 146 Å². The van der Waals surface area contributed by atoms with Gasteiger partial charge in [-0.05, 0) is 94.7 Å². The normalized spacial score (nSPS) is 11.9. The summed E-state index contributed by atoms with van der Waals surface area (Å²) in [6.07, 6.45) is 49.8. The van der Waals surface area contributed by atoms with Gasteiger partial charge in [-0.3, -0.25) is 4.79 Å². The molecular formula is C46H76O4. The molecule has 0 aromatic heterocycles. The summed E-state index contributed by atoms with van der Waals surface area (Å²) < 4.78 is 17.1. The number of hydrogen-bond acceptors (Lipinski definition) is 4. The molecule has 50 heavy (non-hydrogen) atoms. The third kappa shape index (κ3) is 30.1. The zero-order valence-corrected chi connectivity index (χ0v) is 32.8. The Bertz CT molecular complexity index is 1020. The van der Waals surface area contributed by atoms with Crippen molar-refractivity contribution in [2.75, 3.05) is 20.3 Å². The minimum atomic E-state index is -0.250. The van der Waals surface area contributed by atoms with E-state index in [1.807, 2.05) is 18.2 Å². The van der Waals surface area contributed by atoms with Gasteiger partial charge < -0.3 is 14.2 Å². The van der Waals surface area contributed by atoms with Crippen LogP contribution < -0.4 is 9.47 Å². The maximum atomic E-state index is 11.9. The van der Waals surface area contributed by atoms with E-state index in [9.17, 15) is 4.79 Å². The Morgan fingerprint density at radius 1 is 0.480 bits per heavy atom. The van der Waals surface area contributed by atoms with Crippen molar-refractivity contribution in [1.82, 2.24) is 0 Å². The predicted octanol–water partition coefficient (Wildman–Crippen LogP) is 14.2. The van der Waals surface area contributed by atoms with E-state index in [2.05, 4.69) is 62.5 Å². The van der Waals surface area contributed by atoms with Gasteiger partial charge in [0.1, 0.15) is 11.5 Å². The molecular weight excluding hydrogens is 617 g/mol. The fourth-order valence-electron chi connectivity index (χ4n) is 5.88. The molecule has 1 rings (SSSR count). The summed E-state index contributed by atoms with van der Waals surface area (Å²) in [5.41, 5.74) is 0.870. The molecule has 0 aliphatic carbocycles. The van der Waals surface area contributed by atoms with Crippen molar-refractivity contribution < 1.29 is 19.0 Å². The van der Waals surface area contributed by atoms with Crippen LogP contribution in [0.4, 0.5) is 0 Å². The second-order valence-electron chi connectivity index (χ2n) is 13.8. The summed E-state index contributed by atoms with van der Waals surface area (Å²) >= 11 is 0. The second kappa shape index (κ2) is 36.1. The van der Waals surface area contributed by atoms with Gasteiger partial charge in [-0.25, -0.2) is 0 Å². The topological polar surface area (TPSA) is 44.8 Å². The SMILES string of the molecule is CCCCC/C=C\C/C=C\CCCCCCCCCOc1cc(CC(=O)OC)cc(OCCCCCCCC/C=C\C/C=C\CCCCC)c1. The molecule has 0 N–H and O–H groups in total. The quantitative estimate of drug-likeness (QED) is 0.0403. The fourth-order valence-corrected chi connectivity index (χ4v) is 5.88. The number of esters is 1. The Kier molecular flexibility index (Phi) is 32.6. The number of unbranched alkanes of at least 4 members (excludes halogenated alkanes) is 19. The van der Waals surface area contributed by atoms with E-state index < -0.39 is 0 Å². The molecule has 0 atom stereocenters. The van der Waals surface area contributed by atoms with Gasteiger partial charge in [0.2, 0.25) is 0 Å². The first kappa shape index (κ1) is 45.3. The van der Waals surface area contributed by atoms with Crippen molar-refractivity contribution in [2.45, 2.75) is 181 Å². The molecule has 0 saturated carbocycles. The predicted molar refractivity (Wildman–Crippen MR) is 216 cm³/mol. The monoisotopic (exact) mass is 693 g/mol. The first-order chi connectivity index (χ1) is 24.7. The average molecular weight is 693 g/mol. The van der Waals surface area contributed by atoms with Crippen LogP contribution in [0.5, 0.6) is 11.5 Å². The molecule has 4 heteroatoms. The van der Waals surface area contributed by atoms with Crippen molar-refractivity contribution in [3.05, 3.63) is 72.4 Å². The van der Waals surface area contributed by atoms with Crippen LogP contribution in [0.3, 0.4) is 0 Å². The lowest BCUT2D eigenvalue weighted by Gasteiger charge is -2.12. The molecule has 284 valence electrons. The van der Waals surface area contributed by atoms with E-state index >= 15 is 0 Å². The van der Waals surface area contributed by atoms with Crippen molar-refractivity contribution in [1.29, 1.82) is 0 Å². The van der Waals surface area contributed by atoms with E-state index in [-0.39, 0.29) is 12.4 Å². The number of benzene rings is 1. The van der Waals surface area contributed by atoms with Crippen molar-refractivity contribution in [2.24, 2.45) is 0 Å². The summed E-state index contributed by atoms with van der Waals surface area (Å²) in [5, 5.41) is 0. The molecule has 1 aromatic carbocycles. The zero-order chi connectivity index (χ0) is 36.0. The van der Waals surface area contributed by atoms with Crippen molar-refractivity contribution in [3.8, 4) is 11.5 Å². The van der Waals surface area contributed by atoms with Gasteiger partial charge >= 0.3 is 5.97 Å². The maximum absolute atomic E-state index is 11.9. The third-order valence-electron chi connectivity index (χ3n) is 8.99. The molecule has 0 amide bonds. The van der Waals surface area contributed by atoms with Crippen LogP contribution in [0.2, 0.25) is 0 Å². The lowest BCUT2D eigenvalue weighted by atomic mass is 10.1. The molecule has 0 bridgehead atoms. The summed E-state index contributed by atoms with van der Waals surface area (Å²) in [4.78, 5) is 11.9. The number of hydrogen-bond donors (Lipinski definition) is 0. The van der Waals surface area contributed by atoms with Crippen LogP contribution in [0, 0.1) is 0 Å². The molecule has 0 radical (unpaired) electrons. The number of ether oxygens (including phenoxy) is 3. The van der Waals surface area contributed by atoms with Crippen LogP contribution in [-0.4, -0.2) is 26.3 Å². The van der Waals surface area contributed by atoms with Crippen molar-refractivity contribution in [3.63, 3.8) is 0 Å². The average Bonchev–Trinajstić information content (AvgIpc) is 3.12. The number of methoxy groups -OCH3 is 1. The Hall–Kier alpha value is -2.75. The third-order valence-corrected chi connectivity index (χ3v) is 8.99. The van der Waals surface area contributed by atoms with E-state index in [1.54, 1.807) is 0 Å². The summed E-state index contributed by atoms with van der Waals surface area (Å²) in [6, 6.07) is 5.86. The fraction of sp³-hybridized carbons (Fsp3) is 0.674. The van der Waals surface area contributed by atoms with Crippen LogP contribution in [0.1, 0.15) is 180 Å². The first-order valence-electron chi connectivity index (χ1n) is 20.8. The van der Waals surface area contributed by atoms with Crippen LogP contribution >= 0.6 is 0 Å². The summed E-state index contributed by atoms with van der Waals surface area (Å²) in [6.45, 7) is 5.88. The summed E-state index contributed by atoms with van der Waals surface area (Å²) in [5.74, 6) is 1.30. The van der Waals surface area contributed by atoms with E-state index in [1.165, 1.54) is 142 Å². The van der Waals surface area contributed by atoms with Gasteiger partial charge in [0.05, 0.1) is 26.7 Å². The van der Waals surface area contributed by atoms with Gasteiger partial charge in [0.25, 0.3) is 0 Å². The lowest BCUT2D eigenvalue weighted by molar-refractivity contribution is -0.139. The highest BCUT2D eigenvalue weighted by Crippen LogP contribution is 2.25. The molecule has 0 fully saturated rings. The Morgan fingerprint density at radius 2 is 0.840 bits per heavy atom. The van der Waals surface area contributed by atoms with Gasteiger partial charge in [-0.2, -0.15) is 0 Å². The highest BCUT2D eigenvalue weighted by molar-refractivity contribution is 5.72. The molecule has 1 aromatic rings. The maximum Gasteiger partial charge on any atom is 0.309 e. The van der Waals surface area contributed by atoms with E-state index in [0.717, 1.165) is 42.7 Å². The molecule has 0 unspecified atom stereocenters. The Morgan fingerprint density at radius 3 is 1.22 bits per heavy atom.